The number of hydrogen-bond donors (Lipinski definition) is 1. The number of carbonyl (C=O) groups is 1. The van der Waals surface area contributed by atoms with Gasteiger partial charge in [0.1, 0.15) is 0 Å². The summed E-state index contributed by atoms with van der Waals surface area (Å²) in [5, 5.41) is 7.47. The van der Waals surface area contributed by atoms with Crippen molar-refractivity contribution < 1.29 is 17.9 Å². The third-order valence-electron chi connectivity index (χ3n) is 5.51. The van der Waals surface area contributed by atoms with E-state index in [0.717, 1.165) is 16.9 Å². The van der Waals surface area contributed by atoms with Gasteiger partial charge in [-0.3, -0.25) is 4.79 Å². The minimum Gasteiger partial charge on any atom is -0.379 e. The number of aryl methyl sites for hydroxylation is 2. The quantitative estimate of drug-likeness (QED) is 0.640. The first kappa shape index (κ1) is 22.2. The zero-order chi connectivity index (χ0) is 22.9. The highest BCUT2D eigenvalue weighted by atomic mass is 32.2. The summed E-state index contributed by atoms with van der Waals surface area (Å²) in [7, 11) is -3.69. The Morgan fingerprint density at radius 2 is 1.72 bits per heavy atom. The fraction of sp³-hybridized carbons (Fsp3) is 0.304. The molecule has 1 aliphatic heterocycles. The first-order chi connectivity index (χ1) is 15.3. The maximum atomic E-state index is 13.0. The van der Waals surface area contributed by atoms with E-state index in [1.54, 1.807) is 16.8 Å². The van der Waals surface area contributed by atoms with Crippen LogP contribution >= 0.6 is 0 Å². The van der Waals surface area contributed by atoms with Crippen LogP contribution in [0.2, 0.25) is 0 Å². The number of amides is 1. The molecule has 9 heteroatoms. The van der Waals surface area contributed by atoms with Crippen molar-refractivity contribution in [3.8, 4) is 5.69 Å². The number of nitrogens with zero attached hydrogens (tertiary/aromatic N) is 3. The van der Waals surface area contributed by atoms with E-state index in [0.29, 0.717) is 37.7 Å². The lowest BCUT2D eigenvalue weighted by Gasteiger charge is -2.26. The average Bonchev–Trinajstić information content (AvgIpc) is 3.08. The normalized spacial score (nSPS) is 15.0. The minimum atomic E-state index is -3.69. The van der Waals surface area contributed by atoms with Gasteiger partial charge in [0.25, 0.3) is 5.91 Å². The first-order valence-electron chi connectivity index (χ1n) is 10.4. The van der Waals surface area contributed by atoms with Crippen LogP contribution in [0.4, 0.5) is 5.69 Å². The summed E-state index contributed by atoms with van der Waals surface area (Å²) in [6, 6.07) is 14.1. The standard InChI is InChI=1S/C23H26N4O4S/c1-16-7-9-20(10-8-16)27-18(3)22(17(2)25-27)24-23(28)19-5-4-6-21(15-19)32(29,30)26-11-13-31-14-12-26/h4-10,15H,11-14H2,1-3H3,(H,24,28). The highest BCUT2D eigenvalue weighted by Crippen LogP contribution is 2.24. The number of carbonyl (C=O) groups excluding carboxylic acids is 1. The van der Waals surface area contributed by atoms with Gasteiger partial charge in [-0.25, -0.2) is 13.1 Å². The third-order valence-corrected chi connectivity index (χ3v) is 7.41. The summed E-state index contributed by atoms with van der Waals surface area (Å²) in [6.45, 7) is 7.06. The second kappa shape index (κ2) is 8.85. The molecule has 1 amide bonds. The fourth-order valence-electron chi connectivity index (χ4n) is 3.68. The van der Waals surface area contributed by atoms with E-state index < -0.39 is 15.9 Å². The number of morpholine rings is 1. The van der Waals surface area contributed by atoms with Crippen molar-refractivity contribution in [1.82, 2.24) is 14.1 Å². The van der Waals surface area contributed by atoms with Gasteiger partial charge in [-0.05, 0) is 51.1 Å². The number of aromatic nitrogens is 2. The molecule has 0 saturated carbocycles. The predicted molar refractivity (Wildman–Crippen MR) is 122 cm³/mol. The number of benzene rings is 2. The van der Waals surface area contributed by atoms with E-state index in [9.17, 15) is 13.2 Å². The van der Waals surface area contributed by atoms with Gasteiger partial charge in [-0.2, -0.15) is 9.40 Å². The van der Waals surface area contributed by atoms with Crippen molar-refractivity contribution in [2.45, 2.75) is 25.7 Å². The molecule has 0 spiro atoms. The Kier molecular flexibility index (Phi) is 6.14. The fourth-order valence-corrected chi connectivity index (χ4v) is 5.13. The van der Waals surface area contributed by atoms with Gasteiger partial charge in [-0.15, -0.1) is 0 Å². The van der Waals surface area contributed by atoms with Crippen molar-refractivity contribution in [1.29, 1.82) is 0 Å². The molecular formula is C23H26N4O4S. The van der Waals surface area contributed by atoms with Gasteiger partial charge in [-0.1, -0.05) is 23.8 Å². The van der Waals surface area contributed by atoms with Gasteiger partial charge in [0.15, 0.2) is 0 Å². The molecule has 0 radical (unpaired) electrons. The first-order valence-corrected chi connectivity index (χ1v) is 11.8. The molecule has 1 fully saturated rings. The lowest BCUT2D eigenvalue weighted by molar-refractivity contribution is 0.0730. The van der Waals surface area contributed by atoms with Crippen LogP contribution in [0.25, 0.3) is 5.69 Å². The monoisotopic (exact) mass is 454 g/mol. The lowest BCUT2D eigenvalue weighted by Crippen LogP contribution is -2.40. The Labute approximate surface area is 187 Å². The molecule has 168 valence electrons. The molecule has 1 N–H and O–H groups in total. The Morgan fingerprint density at radius 3 is 2.41 bits per heavy atom. The van der Waals surface area contributed by atoms with Crippen LogP contribution in [0.3, 0.4) is 0 Å². The summed E-state index contributed by atoms with van der Waals surface area (Å²) in [5.74, 6) is -0.390. The van der Waals surface area contributed by atoms with Crippen molar-refractivity contribution in [3.05, 3.63) is 71.0 Å². The molecule has 0 unspecified atom stereocenters. The summed E-state index contributed by atoms with van der Waals surface area (Å²) in [4.78, 5) is 13.1. The van der Waals surface area contributed by atoms with Crippen molar-refractivity contribution in [3.63, 3.8) is 0 Å². The van der Waals surface area contributed by atoms with E-state index in [-0.39, 0.29) is 10.5 Å². The van der Waals surface area contributed by atoms with Crippen molar-refractivity contribution in [2.75, 3.05) is 31.6 Å². The van der Waals surface area contributed by atoms with Crippen LogP contribution in [0.5, 0.6) is 0 Å². The zero-order valence-corrected chi connectivity index (χ0v) is 19.1. The van der Waals surface area contributed by atoms with Crippen LogP contribution in [0.15, 0.2) is 53.4 Å². The maximum Gasteiger partial charge on any atom is 0.255 e. The minimum absolute atomic E-state index is 0.0934. The second-order valence-corrected chi connectivity index (χ2v) is 9.73. The molecule has 0 bridgehead atoms. The molecule has 0 aliphatic carbocycles. The van der Waals surface area contributed by atoms with Gasteiger partial charge in [0.2, 0.25) is 10.0 Å². The Morgan fingerprint density at radius 1 is 1.03 bits per heavy atom. The van der Waals surface area contributed by atoms with Crippen LogP contribution < -0.4 is 5.32 Å². The Balaban J connectivity index is 1.59. The summed E-state index contributed by atoms with van der Waals surface area (Å²) in [5.41, 5.74) is 4.38. The van der Waals surface area contributed by atoms with E-state index in [4.69, 9.17) is 4.74 Å². The molecule has 1 saturated heterocycles. The van der Waals surface area contributed by atoms with Gasteiger partial charge >= 0.3 is 0 Å². The molecule has 1 aliphatic rings. The van der Waals surface area contributed by atoms with E-state index in [2.05, 4.69) is 10.4 Å². The topological polar surface area (TPSA) is 93.5 Å². The molecule has 8 nitrogen and oxygen atoms in total. The van der Waals surface area contributed by atoms with E-state index in [1.807, 2.05) is 45.0 Å². The largest absolute Gasteiger partial charge is 0.379 e. The summed E-state index contributed by atoms with van der Waals surface area (Å²) < 4.78 is 34.3. The lowest BCUT2D eigenvalue weighted by atomic mass is 10.2. The van der Waals surface area contributed by atoms with E-state index >= 15 is 0 Å². The smallest absolute Gasteiger partial charge is 0.255 e. The van der Waals surface area contributed by atoms with Crippen molar-refractivity contribution in [2.24, 2.45) is 0 Å². The SMILES string of the molecule is Cc1ccc(-n2nc(C)c(NC(=O)c3cccc(S(=O)(=O)N4CCOCC4)c3)c2C)cc1. The molecule has 2 aromatic carbocycles. The summed E-state index contributed by atoms with van der Waals surface area (Å²) >= 11 is 0. The average molecular weight is 455 g/mol. The van der Waals surface area contributed by atoms with Gasteiger partial charge < -0.3 is 10.1 Å². The maximum absolute atomic E-state index is 13.0. The number of ether oxygens (including phenoxy) is 1. The molecular weight excluding hydrogens is 428 g/mol. The van der Waals surface area contributed by atoms with Gasteiger partial charge in [0, 0.05) is 18.7 Å². The van der Waals surface area contributed by atoms with Crippen molar-refractivity contribution >= 4 is 21.6 Å². The van der Waals surface area contributed by atoms with E-state index in [1.165, 1.54) is 16.4 Å². The molecule has 4 rings (SSSR count). The number of rotatable bonds is 5. The Bertz CT molecular complexity index is 1240. The number of hydrogen-bond acceptors (Lipinski definition) is 5. The van der Waals surface area contributed by atoms with Crippen LogP contribution in [-0.4, -0.2) is 54.7 Å². The third kappa shape index (κ3) is 4.32. The van der Waals surface area contributed by atoms with Crippen LogP contribution in [0, 0.1) is 20.8 Å². The summed E-state index contributed by atoms with van der Waals surface area (Å²) in [6.07, 6.45) is 0. The molecule has 3 aromatic rings. The van der Waals surface area contributed by atoms with Gasteiger partial charge in [0.05, 0.1) is 40.9 Å². The van der Waals surface area contributed by atoms with Crippen LogP contribution in [0.1, 0.15) is 27.3 Å². The molecule has 1 aromatic heterocycles. The zero-order valence-electron chi connectivity index (χ0n) is 18.3. The predicted octanol–water partition coefficient (Wildman–Crippen LogP) is 3.07. The second-order valence-electron chi connectivity index (χ2n) is 7.79. The highest BCUT2D eigenvalue weighted by molar-refractivity contribution is 7.89. The van der Waals surface area contributed by atoms with Crippen LogP contribution in [-0.2, 0) is 14.8 Å². The molecule has 0 atom stereocenters. The number of nitrogens with one attached hydrogen (secondary N) is 1. The Hall–Kier alpha value is -3.01. The highest BCUT2D eigenvalue weighted by Gasteiger charge is 2.27. The number of sulfonamides is 1. The molecule has 32 heavy (non-hydrogen) atoms. The molecule has 2 heterocycles. The number of anilines is 1.